The van der Waals surface area contributed by atoms with E-state index in [1.54, 1.807) is 0 Å². The van der Waals surface area contributed by atoms with Gasteiger partial charge in [-0.3, -0.25) is 9.10 Å². The summed E-state index contributed by atoms with van der Waals surface area (Å²) >= 11 is 0. The summed E-state index contributed by atoms with van der Waals surface area (Å²) < 4.78 is 39.0. The zero-order valence-corrected chi connectivity index (χ0v) is 16.8. The number of benzene rings is 2. The van der Waals surface area contributed by atoms with Crippen LogP contribution in [0.25, 0.3) is 0 Å². The first-order valence-electron chi connectivity index (χ1n) is 8.77. The van der Waals surface area contributed by atoms with Crippen molar-refractivity contribution in [2.75, 3.05) is 10.6 Å². The highest BCUT2D eigenvalue weighted by Crippen LogP contribution is 2.22. The smallest absolute Gasteiger partial charge is 0.244 e. The quantitative estimate of drug-likeness (QED) is 0.785. The number of amides is 1. The fourth-order valence-electron chi connectivity index (χ4n) is 2.88. The van der Waals surface area contributed by atoms with E-state index in [0.717, 1.165) is 28.6 Å². The van der Waals surface area contributed by atoms with Gasteiger partial charge in [-0.2, -0.15) is 0 Å². The summed E-state index contributed by atoms with van der Waals surface area (Å²) in [6, 6.07) is 11.7. The summed E-state index contributed by atoms with van der Waals surface area (Å²) in [5, 5.41) is 2.83. The summed E-state index contributed by atoms with van der Waals surface area (Å²) in [5.74, 6) is -1.03. The number of carbonyl (C=O) groups is 1. The Morgan fingerprint density at radius 1 is 1.15 bits per heavy atom. The van der Waals surface area contributed by atoms with Gasteiger partial charge in [0.2, 0.25) is 15.9 Å². The zero-order chi connectivity index (χ0) is 20.2. The highest BCUT2D eigenvalue weighted by Gasteiger charge is 2.30. The molecule has 7 heteroatoms. The van der Waals surface area contributed by atoms with Gasteiger partial charge >= 0.3 is 0 Å². The number of nitrogens with one attached hydrogen (secondary N) is 1. The molecule has 1 N–H and O–H groups in total. The van der Waals surface area contributed by atoms with Crippen molar-refractivity contribution in [1.82, 2.24) is 5.32 Å². The lowest BCUT2D eigenvalue weighted by molar-refractivity contribution is -0.122. The summed E-state index contributed by atoms with van der Waals surface area (Å²) in [4.78, 5) is 12.7. The molecule has 5 nitrogen and oxygen atoms in total. The number of hydrogen-bond donors (Lipinski definition) is 1. The fraction of sp³-hybridized carbons (Fsp3) is 0.350. The third-order valence-corrected chi connectivity index (χ3v) is 5.64. The minimum atomic E-state index is -3.78. The molecule has 0 fully saturated rings. The van der Waals surface area contributed by atoms with E-state index in [0.29, 0.717) is 0 Å². The van der Waals surface area contributed by atoms with Gasteiger partial charge in [-0.1, -0.05) is 37.3 Å². The van der Waals surface area contributed by atoms with E-state index in [1.165, 1.54) is 30.7 Å². The Hall–Kier alpha value is -2.41. The van der Waals surface area contributed by atoms with Crippen LogP contribution in [0.5, 0.6) is 0 Å². The second-order valence-electron chi connectivity index (χ2n) is 6.54. The first-order chi connectivity index (χ1) is 12.6. The van der Waals surface area contributed by atoms with Crippen LogP contribution in [0, 0.1) is 5.82 Å². The molecule has 0 bridgehead atoms. The number of nitrogens with zero attached hydrogens (tertiary/aromatic N) is 1. The number of halogens is 1. The van der Waals surface area contributed by atoms with Crippen LogP contribution < -0.4 is 9.62 Å². The van der Waals surface area contributed by atoms with Gasteiger partial charge in [0, 0.05) is 0 Å². The van der Waals surface area contributed by atoms with E-state index < -0.39 is 27.8 Å². The van der Waals surface area contributed by atoms with Crippen LogP contribution in [0.15, 0.2) is 48.5 Å². The van der Waals surface area contributed by atoms with Crippen LogP contribution in [-0.2, 0) is 21.2 Å². The van der Waals surface area contributed by atoms with Crippen molar-refractivity contribution in [3.63, 3.8) is 0 Å². The van der Waals surface area contributed by atoms with Crippen LogP contribution in [0.3, 0.4) is 0 Å². The minimum absolute atomic E-state index is 0.111. The molecule has 0 heterocycles. The van der Waals surface area contributed by atoms with Gasteiger partial charge in [-0.15, -0.1) is 0 Å². The standard InChI is InChI=1S/C20H25FN2O3S/c1-5-16-9-11-17(12-10-16)14(2)22-20(24)15(3)23(27(4,25)26)19-8-6-7-18(21)13-19/h6-15H,5H2,1-4H3,(H,22,24)/t14-,15-/m0/s1. The van der Waals surface area contributed by atoms with Crippen LogP contribution in [0.4, 0.5) is 10.1 Å². The van der Waals surface area contributed by atoms with E-state index in [4.69, 9.17) is 0 Å². The molecule has 0 aliphatic rings. The molecule has 2 aromatic carbocycles. The highest BCUT2D eigenvalue weighted by molar-refractivity contribution is 7.92. The van der Waals surface area contributed by atoms with Crippen molar-refractivity contribution in [3.05, 3.63) is 65.5 Å². The molecular weight excluding hydrogens is 367 g/mol. The second-order valence-corrected chi connectivity index (χ2v) is 8.40. The van der Waals surface area contributed by atoms with Crippen molar-refractivity contribution < 1.29 is 17.6 Å². The molecule has 1 amide bonds. The normalized spacial score (nSPS) is 13.7. The molecule has 2 atom stereocenters. The van der Waals surface area contributed by atoms with Gasteiger partial charge in [-0.25, -0.2) is 12.8 Å². The van der Waals surface area contributed by atoms with Gasteiger partial charge in [0.25, 0.3) is 0 Å². The fourth-order valence-corrected chi connectivity index (χ4v) is 4.05. The number of carbonyl (C=O) groups excluding carboxylic acids is 1. The first-order valence-corrected chi connectivity index (χ1v) is 10.6. The van der Waals surface area contributed by atoms with Gasteiger partial charge in [0.1, 0.15) is 11.9 Å². The predicted molar refractivity (Wildman–Crippen MR) is 106 cm³/mol. The Bertz CT molecular complexity index is 898. The molecule has 2 aromatic rings. The average molecular weight is 392 g/mol. The van der Waals surface area contributed by atoms with E-state index in [2.05, 4.69) is 12.2 Å². The van der Waals surface area contributed by atoms with Crippen LogP contribution in [0.1, 0.15) is 37.9 Å². The third kappa shape index (κ3) is 5.29. The Morgan fingerprint density at radius 2 is 1.78 bits per heavy atom. The lowest BCUT2D eigenvalue weighted by Crippen LogP contribution is -2.48. The molecule has 0 spiro atoms. The molecule has 0 saturated carbocycles. The van der Waals surface area contributed by atoms with E-state index >= 15 is 0 Å². The van der Waals surface area contributed by atoms with Gasteiger partial charge < -0.3 is 5.32 Å². The molecule has 0 saturated heterocycles. The van der Waals surface area contributed by atoms with Gasteiger partial charge in [-0.05, 0) is 49.6 Å². The molecular formula is C20H25FN2O3S. The molecule has 27 heavy (non-hydrogen) atoms. The summed E-state index contributed by atoms with van der Waals surface area (Å²) in [6.07, 6.45) is 1.92. The molecule has 146 valence electrons. The summed E-state index contributed by atoms with van der Waals surface area (Å²) in [7, 11) is -3.78. The number of aryl methyl sites for hydroxylation is 1. The Kier molecular flexibility index (Phi) is 6.59. The monoisotopic (exact) mass is 392 g/mol. The van der Waals surface area contributed by atoms with Crippen molar-refractivity contribution >= 4 is 21.6 Å². The van der Waals surface area contributed by atoms with E-state index in [9.17, 15) is 17.6 Å². The molecule has 0 aliphatic heterocycles. The zero-order valence-electron chi connectivity index (χ0n) is 15.9. The van der Waals surface area contributed by atoms with E-state index in [1.807, 2.05) is 31.2 Å². The lowest BCUT2D eigenvalue weighted by atomic mass is 10.0. The maximum atomic E-state index is 13.6. The number of hydrogen-bond acceptors (Lipinski definition) is 3. The molecule has 0 unspecified atom stereocenters. The van der Waals surface area contributed by atoms with Gasteiger partial charge in [0.15, 0.2) is 0 Å². The average Bonchev–Trinajstić information content (AvgIpc) is 2.60. The third-order valence-electron chi connectivity index (χ3n) is 4.40. The topological polar surface area (TPSA) is 66.5 Å². The van der Waals surface area contributed by atoms with Crippen LogP contribution in [-0.4, -0.2) is 26.6 Å². The summed E-state index contributed by atoms with van der Waals surface area (Å²) in [5.41, 5.74) is 2.23. The Balaban J connectivity index is 2.21. The Labute approximate surface area is 160 Å². The number of anilines is 1. The van der Waals surface area contributed by atoms with Crippen molar-refractivity contribution in [3.8, 4) is 0 Å². The maximum absolute atomic E-state index is 13.6. The number of sulfonamides is 1. The molecule has 0 radical (unpaired) electrons. The molecule has 0 aromatic heterocycles. The SMILES string of the molecule is CCc1ccc([C@H](C)NC(=O)[C@H](C)N(c2cccc(F)c2)S(C)(=O)=O)cc1. The number of rotatable bonds is 7. The maximum Gasteiger partial charge on any atom is 0.244 e. The summed E-state index contributed by atoms with van der Waals surface area (Å²) in [6.45, 7) is 5.38. The first kappa shape index (κ1) is 20.9. The largest absolute Gasteiger partial charge is 0.348 e. The van der Waals surface area contributed by atoms with Crippen LogP contribution in [0.2, 0.25) is 0 Å². The molecule has 2 rings (SSSR count). The van der Waals surface area contributed by atoms with Crippen LogP contribution >= 0.6 is 0 Å². The van der Waals surface area contributed by atoms with Crippen molar-refractivity contribution in [2.24, 2.45) is 0 Å². The molecule has 0 aliphatic carbocycles. The van der Waals surface area contributed by atoms with Crippen molar-refractivity contribution in [1.29, 1.82) is 0 Å². The predicted octanol–water partition coefficient (Wildman–Crippen LogP) is 3.42. The Morgan fingerprint density at radius 3 is 2.30 bits per heavy atom. The van der Waals surface area contributed by atoms with Crippen molar-refractivity contribution in [2.45, 2.75) is 39.3 Å². The van der Waals surface area contributed by atoms with Gasteiger partial charge in [0.05, 0.1) is 18.0 Å². The minimum Gasteiger partial charge on any atom is -0.348 e. The van der Waals surface area contributed by atoms with E-state index in [-0.39, 0.29) is 11.7 Å². The second kappa shape index (κ2) is 8.52. The highest BCUT2D eigenvalue weighted by atomic mass is 32.2. The lowest BCUT2D eigenvalue weighted by Gasteiger charge is -2.29.